The van der Waals surface area contributed by atoms with Gasteiger partial charge in [-0.1, -0.05) is 6.07 Å². The van der Waals surface area contributed by atoms with Gasteiger partial charge < -0.3 is 9.84 Å². The molecule has 1 atom stereocenters. The maximum absolute atomic E-state index is 9.44. The largest absolute Gasteiger partial charge is 0.496 e. The zero-order valence-electron chi connectivity index (χ0n) is 16.7. The van der Waals surface area contributed by atoms with Gasteiger partial charge in [-0.2, -0.15) is 5.10 Å². The number of aliphatic hydroxyl groups is 1. The summed E-state index contributed by atoms with van der Waals surface area (Å²) in [5.74, 6) is 0.900. The zero-order valence-corrected chi connectivity index (χ0v) is 16.7. The van der Waals surface area contributed by atoms with Crippen molar-refractivity contribution >= 4 is 0 Å². The van der Waals surface area contributed by atoms with Crippen LogP contribution in [0.5, 0.6) is 5.75 Å². The minimum absolute atomic E-state index is 0.248. The Morgan fingerprint density at radius 2 is 2.11 bits per heavy atom. The Balaban J connectivity index is 1.69. The summed E-state index contributed by atoms with van der Waals surface area (Å²) in [7, 11) is 1.71. The summed E-state index contributed by atoms with van der Waals surface area (Å²) in [6, 6.07) is 9.32. The lowest BCUT2D eigenvalue weighted by Gasteiger charge is -2.43. The van der Waals surface area contributed by atoms with E-state index in [0.29, 0.717) is 18.6 Å². The normalized spacial score (nSPS) is 18.9. The fourth-order valence-corrected chi connectivity index (χ4v) is 4.04. The summed E-state index contributed by atoms with van der Waals surface area (Å²) < 4.78 is 7.46. The number of hydrogen-bond acceptors (Lipinski definition) is 5. The van der Waals surface area contributed by atoms with E-state index in [1.54, 1.807) is 13.3 Å². The molecule has 0 unspecified atom stereocenters. The number of methoxy groups -OCH3 is 1. The predicted octanol–water partition coefficient (Wildman–Crippen LogP) is 2.22. The van der Waals surface area contributed by atoms with E-state index < -0.39 is 0 Å². The molecule has 1 N–H and O–H groups in total. The van der Waals surface area contributed by atoms with Crippen molar-refractivity contribution in [1.82, 2.24) is 19.6 Å². The molecule has 1 aromatic heterocycles. The highest BCUT2D eigenvalue weighted by Gasteiger charge is 2.28. The van der Waals surface area contributed by atoms with E-state index in [-0.39, 0.29) is 6.61 Å². The van der Waals surface area contributed by atoms with Crippen LogP contribution in [-0.2, 0) is 13.1 Å². The molecule has 0 radical (unpaired) electrons. The van der Waals surface area contributed by atoms with Gasteiger partial charge in [0.25, 0.3) is 0 Å². The van der Waals surface area contributed by atoms with Gasteiger partial charge in [0.1, 0.15) is 5.75 Å². The Morgan fingerprint density at radius 1 is 1.26 bits per heavy atom. The Kier molecular flexibility index (Phi) is 6.88. The van der Waals surface area contributed by atoms with Gasteiger partial charge in [0, 0.05) is 62.8 Å². The highest BCUT2D eigenvalue weighted by atomic mass is 16.5. The van der Waals surface area contributed by atoms with Gasteiger partial charge >= 0.3 is 0 Å². The average Bonchev–Trinajstić information content (AvgIpc) is 3.15. The minimum atomic E-state index is 0.248. The van der Waals surface area contributed by atoms with Crippen molar-refractivity contribution in [1.29, 1.82) is 0 Å². The fourth-order valence-electron chi connectivity index (χ4n) is 4.04. The molecule has 0 aliphatic carbocycles. The number of rotatable bonds is 8. The number of aromatic nitrogens is 2. The summed E-state index contributed by atoms with van der Waals surface area (Å²) in [5, 5.41) is 13.8. The molecule has 1 fully saturated rings. The van der Waals surface area contributed by atoms with Crippen LogP contribution >= 0.6 is 0 Å². The highest BCUT2D eigenvalue weighted by molar-refractivity contribution is 5.37. The van der Waals surface area contributed by atoms with Crippen LogP contribution in [0, 0.1) is 0 Å². The Labute approximate surface area is 162 Å². The molecule has 1 aliphatic rings. The maximum Gasteiger partial charge on any atom is 0.123 e. The van der Waals surface area contributed by atoms with Gasteiger partial charge in [0.15, 0.2) is 0 Å². The van der Waals surface area contributed by atoms with Crippen LogP contribution in [-0.4, -0.2) is 70.1 Å². The first-order valence-corrected chi connectivity index (χ1v) is 9.83. The molecule has 0 spiro atoms. The zero-order chi connectivity index (χ0) is 19.2. The lowest BCUT2D eigenvalue weighted by Crippen LogP contribution is -2.55. The third-order valence-electron chi connectivity index (χ3n) is 5.38. The summed E-state index contributed by atoms with van der Waals surface area (Å²) >= 11 is 0. The molecular formula is C21H32N4O2. The molecule has 1 aromatic carbocycles. The molecule has 2 aromatic rings. The van der Waals surface area contributed by atoms with Crippen molar-refractivity contribution in [2.24, 2.45) is 0 Å². The van der Waals surface area contributed by atoms with Gasteiger partial charge in [0.05, 0.1) is 13.7 Å². The maximum atomic E-state index is 9.44. The van der Waals surface area contributed by atoms with E-state index in [0.717, 1.165) is 43.9 Å². The van der Waals surface area contributed by atoms with E-state index in [1.165, 1.54) is 5.56 Å². The monoisotopic (exact) mass is 372 g/mol. The SMILES string of the molecule is COc1ccc(CN2CCN(C(C)C)[C@@H](CCO)C2)cc1Cn1cccn1. The Hall–Kier alpha value is -1.89. The molecule has 0 bridgehead atoms. The Bertz CT molecular complexity index is 702. The van der Waals surface area contributed by atoms with Crippen LogP contribution in [0.2, 0.25) is 0 Å². The smallest absolute Gasteiger partial charge is 0.123 e. The van der Waals surface area contributed by atoms with E-state index in [1.807, 2.05) is 16.9 Å². The first-order valence-electron chi connectivity index (χ1n) is 9.83. The van der Waals surface area contributed by atoms with E-state index in [9.17, 15) is 5.11 Å². The minimum Gasteiger partial charge on any atom is -0.496 e. The Morgan fingerprint density at radius 3 is 2.78 bits per heavy atom. The summed E-state index contributed by atoms with van der Waals surface area (Å²) in [6.07, 6.45) is 4.60. The molecule has 0 amide bonds. The molecule has 6 nitrogen and oxygen atoms in total. The molecule has 2 heterocycles. The number of ether oxygens (including phenoxy) is 1. The molecule has 6 heteroatoms. The number of benzene rings is 1. The molecule has 27 heavy (non-hydrogen) atoms. The van der Waals surface area contributed by atoms with Gasteiger partial charge in [-0.15, -0.1) is 0 Å². The van der Waals surface area contributed by atoms with Crippen molar-refractivity contribution in [2.45, 2.75) is 45.4 Å². The van der Waals surface area contributed by atoms with Gasteiger partial charge in [-0.25, -0.2) is 0 Å². The van der Waals surface area contributed by atoms with Gasteiger partial charge in [0.2, 0.25) is 0 Å². The third kappa shape index (κ3) is 5.09. The second-order valence-electron chi connectivity index (χ2n) is 7.58. The first-order chi connectivity index (χ1) is 13.1. The van der Waals surface area contributed by atoms with Crippen molar-refractivity contribution < 1.29 is 9.84 Å². The summed E-state index contributed by atoms with van der Waals surface area (Å²) in [6.45, 7) is 9.47. The number of nitrogens with zero attached hydrogens (tertiary/aromatic N) is 4. The van der Waals surface area contributed by atoms with Gasteiger partial charge in [-0.05, 0) is 44.0 Å². The second kappa shape index (κ2) is 9.35. The lowest BCUT2D eigenvalue weighted by atomic mass is 10.0. The van der Waals surface area contributed by atoms with Crippen LogP contribution in [0.15, 0.2) is 36.7 Å². The van der Waals surface area contributed by atoms with Crippen LogP contribution < -0.4 is 4.74 Å². The van der Waals surface area contributed by atoms with Crippen molar-refractivity contribution in [3.63, 3.8) is 0 Å². The van der Waals surface area contributed by atoms with Gasteiger partial charge in [-0.3, -0.25) is 14.5 Å². The molecule has 148 valence electrons. The van der Waals surface area contributed by atoms with Crippen LogP contribution in [0.4, 0.5) is 0 Å². The standard InChI is InChI=1S/C21H32N4O2/c1-17(2)25-11-10-23(16-20(25)7-12-26)14-18-5-6-21(27-3)19(13-18)15-24-9-4-8-22-24/h4-6,8-9,13,17,20,26H,7,10-12,14-16H2,1-3H3/t20-/m0/s1. The molecule has 1 saturated heterocycles. The highest BCUT2D eigenvalue weighted by Crippen LogP contribution is 2.23. The first kappa shape index (κ1) is 19.9. The van der Waals surface area contributed by atoms with E-state index in [2.05, 4.69) is 46.9 Å². The topological polar surface area (TPSA) is 53.8 Å². The molecular weight excluding hydrogens is 340 g/mol. The fraction of sp³-hybridized carbons (Fsp3) is 0.571. The van der Waals surface area contributed by atoms with Crippen molar-refractivity contribution in [3.05, 3.63) is 47.8 Å². The number of piperazine rings is 1. The van der Waals surface area contributed by atoms with Crippen LogP contribution in [0.1, 0.15) is 31.4 Å². The second-order valence-corrected chi connectivity index (χ2v) is 7.58. The molecule has 0 saturated carbocycles. The summed E-state index contributed by atoms with van der Waals surface area (Å²) in [4.78, 5) is 5.02. The third-order valence-corrected chi connectivity index (χ3v) is 5.38. The van der Waals surface area contributed by atoms with Crippen LogP contribution in [0.3, 0.4) is 0 Å². The summed E-state index contributed by atoms with van der Waals surface area (Å²) in [5.41, 5.74) is 2.44. The van der Waals surface area contributed by atoms with Crippen molar-refractivity contribution in [2.75, 3.05) is 33.4 Å². The van der Waals surface area contributed by atoms with Crippen LogP contribution in [0.25, 0.3) is 0 Å². The average molecular weight is 373 g/mol. The molecule has 1 aliphatic heterocycles. The lowest BCUT2D eigenvalue weighted by molar-refractivity contribution is 0.0349. The molecule has 3 rings (SSSR count). The predicted molar refractivity (Wildman–Crippen MR) is 107 cm³/mol. The van der Waals surface area contributed by atoms with Crippen molar-refractivity contribution in [3.8, 4) is 5.75 Å². The van der Waals surface area contributed by atoms with E-state index >= 15 is 0 Å². The quantitative estimate of drug-likeness (QED) is 0.770. The van der Waals surface area contributed by atoms with E-state index in [4.69, 9.17) is 4.74 Å². The number of hydrogen-bond donors (Lipinski definition) is 1. The number of aliphatic hydroxyl groups excluding tert-OH is 1.